The van der Waals surface area contributed by atoms with Crippen molar-refractivity contribution in [1.29, 1.82) is 5.26 Å². The van der Waals surface area contributed by atoms with Crippen molar-refractivity contribution in [3.05, 3.63) is 0 Å². The van der Waals surface area contributed by atoms with Crippen molar-refractivity contribution >= 4 is 0 Å². The molecule has 2 aliphatic carbocycles. The van der Waals surface area contributed by atoms with E-state index in [9.17, 15) is 5.26 Å². The molecule has 118 valence electrons. The maximum absolute atomic E-state index is 9.62. The fourth-order valence-electron chi connectivity index (χ4n) is 4.96. The Hall–Kier alpha value is -0.590. The van der Waals surface area contributed by atoms with Crippen molar-refractivity contribution in [1.82, 2.24) is 10.2 Å². The van der Waals surface area contributed by atoms with Crippen molar-refractivity contribution in [3.63, 3.8) is 0 Å². The van der Waals surface area contributed by atoms with Gasteiger partial charge < -0.3 is 0 Å². The van der Waals surface area contributed by atoms with Gasteiger partial charge in [0.2, 0.25) is 0 Å². The van der Waals surface area contributed by atoms with E-state index in [4.69, 9.17) is 0 Å². The highest BCUT2D eigenvalue weighted by atomic mass is 15.2. The van der Waals surface area contributed by atoms with Gasteiger partial charge in [0.25, 0.3) is 0 Å². The maximum Gasteiger partial charge on any atom is 0.108 e. The Balaban J connectivity index is 1.57. The Bertz CT molecular complexity index is 388. The molecule has 0 aromatic rings. The molecular weight excluding hydrogens is 258 g/mol. The van der Waals surface area contributed by atoms with Crippen molar-refractivity contribution in [2.45, 2.75) is 76.3 Å². The van der Waals surface area contributed by atoms with Gasteiger partial charge in [0.15, 0.2) is 0 Å². The summed E-state index contributed by atoms with van der Waals surface area (Å²) >= 11 is 0. The molecule has 1 N–H and O–H groups in total. The molecular formula is C18H31N3. The summed E-state index contributed by atoms with van der Waals surface area (Å²) in [7, 11) is 0. The number of nitriles is 1. The van der Waals surface area contributed by atoms with Crippen molar-refractivity contribution < 1.29 is 0 Å². The van der Waals surface area contributed by atoms with Gasteiger partial charge in [-0.15, -0.1) is 0 Å². The van der Waals surface area contributed by atoms with E-state index in [0.717, 1.165) is 37.6 Å². The Morgan fingerprint density at radius 2 is 2.00 bits per heavy atom. The van der Waals surface area contributed by atoms with Gasteiger partial charge >= 0.3 is 0 Å². The first-order valence-electron chi connectivity index (χ1n) is 9.16. The molecule has 3 rings (SSSR count). The van der Waals surface area contributed by atoms with Crippen LogP contribution in [0, 0.1) is 23.2 Å². The second kappa shape index (κ2) is 6.67. The molecule has 1 aliphatic heterocycles. The van der Waals surface area contributed by atoms with E-state index in [-0.39, 0.29) is 5.54 Å². The fourth-order valence-corrected chi connectivity index (χ4v) is 4.96. The first-order valence-corrected chi connectivity index (χ1v) is 9.16. The largest absolute Gasteiger partial charge is 0.300 e. The number of hydrogen-bond donors (Lipinski definition) is 1. The van der Waals surface area contributed by atoms with Crippen LogP contribution in [0.25, 0.3) is 0 Å². The zero-order chi connectivity index (χ0) is 14.7. The molecule has 3 heteroatoms. The molecule has 0 aromatic carbocycles. The van der Waals surface area contributed by atoms with E-state index in [1.165, 1.54) is 51.6 Å². The summed E-state index contributed by atoms with van der Waals surface area (Å²) in [6.45, 7) is 5.75. The quantitative estimate of drug-likeness (QED) is 0.863. The number of fused-ring (bicyclic) bond motifs is 1. The summed E-state index contributed by atoms with van der Waals surface area (Å²) in [6, 6.07) is 3.25. The van der Waals surface area contributed by atoms with Crippen LogP contribution in [-0.4, -0.2) is 36.1 Å². The predicted molar refractivity (Wildman–Crippen MR) is 85.9 cm³/mol. The van der Waals surface area contributed by atoms with E-state index in [2.05, 4.69) is 23.2 Å². The van der Waals surface area contributed by atoms with Crippen LogP contribution in [-0.2, 0) is 0 Å². The molecule has 0 bridgehead atoms. The molecule has 4 unspecified atom stereocenters. The zero-order valence-electron chi connectivity index (χ0n) is 13.6. The van der Waals surface area contributed by atoms with Crippen LogP contribution in [0.3, 0.4) is 0 Å². The minimum atomic E-state index is -0.232. The number of rotatable bonds is 4. The number of nitrogens with zero attached hydrogens (tertiary/aromatic N) is 2. The summed E-state index contributed by atoms with van der Waals surface area (Å²) in [5.41, 5.74) is -0.232. The van der Waals surface area contributed by atoms with E-state index in [0.29, 0.717) is 6.04 Å². The second-order valence-electron chi connectivity index (χ2n) is 7.61. The lowest BCUT2D eigenvalue weighted by atomic mass is 9.75. The number of piperidine rings is 1. The normalized spacial score (nSPS) is 40.7. The third kappa shape index (κ3) is 3.27. The van der Waals surface area contributed by atoms with Crippen molar-refractivity contribution in [2.75, 3.05) is 19.6 Å². The smallest absolute Gasteiger partial charge is 0.108 e. The van der Waals surface area contributed by atoms with Crippen LogP contribution in [0.2, 0.25) is 0 Å². The zero-order valence-corrected chi connectivity index (χ0v) is 13.6. The molecule has 3 fully saturated rings. The highest BCUT2D eigenvalue weighted by Crippen LogP contribution is 2.40. The summed E-state index contributed by atoms with van der Waals surface area (Å²) in [5, 5.41) is 13.1. The molecule has 21 heavy (non-hydrogen) atoms. The number of hydrogen-bond acceptors (Lipinski definition) is 3. The standard InChI is InChI=1S/C18H31N3/c1-2-10-20-18(14-19)9-7-17(12-18)21-11-8-15-5-3-4-6-16(15)13-21/h15-17,20H,2-13H2,1H3. The summed E-state index contributed by atoms with van der Waals surface area (Å²) in [4.78, 5) is 2.74. The van der Waals surface area contributed by atoms with Crippen molar-refractivity contribution in [2.24, 2.45) is 11.8 Å². The average Bonchev–Trinajstić information content (AvgIpc) is 2.97. The SMILES string of the molecule is CCCNC1(C#N)CCC(N2CCC3CCCCC3C2)C1. The van der Waals surface area contributed by atoms with E-state index in [1.54, 1.807) is 0 Å². The topological polar surface area (TPSA) is 39.1 Å². The molecule has 3 aliphatic rings. The lowest BCUT2D eigenvalue weighted by Crippen LogP contribution is -2.48. The molecule has 2 saturated carbocycles. The van der Waals surface area contributed by atoms with Gasteiger partial charge in [-0.3, -0.25) is 10.2 Å². The van der Waals surface area contributed by atoms with Crippen LogP contribution in [0.15, 0.2) is 0 Å². The molecule has 3 nitrogen and oxygen atoms in total. The first-order chi connectivity index (χ1) is 10.3. The number of likely N-dealkylation sites (tertiary alicyclic amines) is 1. The highest BCUT2D eigenvalue weighted by Gasteiger charge is 2.43. The van der Waals surface area contributed by atoms with Crippen LogP contribution in [0.1, 0.15) is 64.7 Å². The Kier molecular flexibility index (Phi) is 4.86. The van der Waals surface area contributed by atoms with Crippen LogP contribution in [0.4, 0.5) is 0 Å². The predicted octanol–water partition coefficient (Wildman–Crippen LogP) is 3.31. The lowest BCUT2D eigenvalue weighted by Gasteiger charge is -2.44. The molecule has 0 amide bonds. The summed E-state index contributed by atoms with van der Waals surface area (Å²) in [6.07, 6.45) is 11.6. The van der Waals surface area contributed by atoms with Gasteiger partial charge in [-0.1, -0.05) is 26.2 Å². The van der Waals surface area contributed by atoms with Gasteiger partial charge in [-0.2, -0.15) is 5.26 Å². The van der Waals surface area contributed by atoms with Gasteiger partial charge in [-0.05, 0) is 63.5 Å². The molecule has 0 aromatic heterocycles. The number of nitrogens with one attached hydrogen (secondary N) is 1. The van der Waals surface area contributed by atoms with Crippen LogP contribution in [0.5, 0.6) is 0 Å². The van der Waals surface area contributed by atoms with E-state index < -0.39 is 0 Å². The highest BCUT2D eigenvalue weighted by molar-refractivity contribution is 5.13. The third-order valence-electron chi connectivity index (χ3n) is 6.25. The Morgan fingerprint density at radius 3 is 2.76 bits per heavy atom. The van der Waals surface area contributed by atoms with Crippen LogP contribution >= 0.6 is 0 Å². The van der Waals surface area contributed by atoms with Crippen molar-refractivity contribution in [3.8, 4) is 6.07 Å². The molecule has 4 atom stereocenters. The first kappa shape index (κ1) is 15.3. The molecule has 0 radical (unpaired) electrons. The van der Waals surface area contributed by atoms with Gasteiger partial charge in [0, 0.05) is 12.6 Å². The fraction of sp³-hybridized carbons (Fsp3) is 0.944. The molecule has 1 heterocycles. The van der Waals surface area contributed by atoms with Crippen LogP contribution < -0.4 is 5.32 Å². The Morgan fingerprint density at radius 1 is 1.19 bits per heavy atom. The summed E-state index contributed by atoms with van der Waals surface area (Å²) in [5.74, 6) is 1.96. The lowest BCUT2D eigenvalue weighted by molar-refractivity contribution is 0.0569. The third-order valence-corrected chi connectivity index (χ3v) is 6.25. The van der Waals surface area contributed by atoms with Gasteiger partial charge in [0.05, 0.1) is 6.07 Å². The molecule has 0 spiro atoms. The monoisotopic (exact) mass is 289 g/mol. The van der Waals surface area contributed by atoms with Gasteiger partial charge in [-0.25, -0.2) is 0 Å². The van der Waals surface area contributed by atoms with Gasteiger partial charge in [0.1, 0.15) is 5.54 Å². The van der Waals surface area contributed by atoms with E-state index >= 15 is 0 Å². The second-order valence-corrected chi connectivity index (χ2v) is 7.61. The Labute approximate surface area is 130 Å². The van der Waals surface area contributed by atoms with E-state index in [1.807, 2.05) is 0 Å². The minimum absolute atomic E-state index is 0.232. The minimum Gasteiger partial charge on any atom is -0.300 e. The summed E-state index contributed by atoms with van der Waals surface area (Å²) < 4.78 is 0. The average molecular weight is 289 g/mol. The maximum atomic E-state index is 9.62. The molecule has 1 saturated heterocycles.